The summed E-state index contributed by atoms with van der Waals surface area (Å²) < 4.78 is 27.7. The van der Waals surface area contributed by atoms with E-state index in [9.17, 15) is 8.42 Å². The molecule has 1 aromatic rings. The van der Waals surface area contributed by atoms with Crippen LogP contribution in [0.4, 0.5) is 0 Å². The first-order valence-corrected chi connectivity index (χ1v) is 9.22. The van der Waals surface area contributed by atoms with E-state index in [0.29, 0.717) is 11.0 Å². The Morgan fingerprint density at radius 2 is 1.60 bits per heavy atom. The lowest BCUT2D eigenvalue weighted by Crippen LogP contribution is -2.39. The molecule has 0 bridgehead atoms. The van der Waals surface area contributed by atoms with Crippen molar-refractivity contribution < 1.29 is 8.42 Å². The lowest BCUT2D eigenvalue weighted by atomic mass is 10.2. The second-order valence-electron chi connectivity index (χ2n) is 5.26. The van der Waals surface area contributed by atoms with E-state index < -0.39 is 10.0 Å². The third-order valence-corrected chi connectivity index (χ3v) is 6.07. The van der Waals surface area contributed by atoms with Crippen molar-refractivity contribution in [1.82, 2.24) is 4.31 Å². The monoisotopic (exact) mass is 401 g/mol. The van der Waals surface area contributed by atoms with Crippen LogP contribution in [0.15, 0.2) is 21.5 Å². The van der Waals surface area contributed by atoms with Crippen molar-refractivity contribution in [1.29, 1.82) is 0 Å². The van der Waals surface area contributed by atoms with E-state index in [2.05, 4.69) is 15.9 Å². The van der Waals surface area contributed by atoms with Crippen molar-refractivity contribution in [3.8, 4) is 0 Å². The molecule has 7 heteroatoms. The van der Waals surface area contributed by atoms with Crippen molar-refractivity contribution in [2.45, 2.75) is 38.6 Å². The molecule has 0 aliphatic heterocycles. The maximum Gasteiger partial charge on any atom is 0.246 e. The number of benzene rings is 1. The van der Waals surface area contributed by atoms with Crippen LogP contribution in [0.2, 0.25) is 10.0 Å². The van der Waals surface area contributed by atoms with E-state index in [1.165, 1.54) is 16.4 Å². The fourth-order valence-electron chi connectivity index (χ4n) is 1.84. The minimum Gasteiger partial charge on any atom is -0.207 e. The van der Waals surface area contributed by atoms with Gasteiger partial charge in [0, 0.05) is 17.1 Å². The number of nitrogens with zero attached hydrogens (tertiary/aromatic N) is 1. The molecule has 0 amide bonds. The average Bonchev–Trinajstić information content (AvgIpc) is 2.22. The van der Waals surface area contributed by atoms with Crippen molar-refractivity contribution in [2.75, 3.05) is 6.54 Å². The SMILES string of the molecule is CC(C)CN(C(C)C)S(=O)(=O)c1c(Cl)cc(Br)cc1Cl. The molecule has 1 rings (SSSR count). The smallest absolute Gasteiger partial charge is 0.207 e. The van der Waals surface area contributed by atoms with Crippen LogP contribution in [0.3, 0.4) is 0 Å². The Bertz CT molecular complexity index is 565. The zero-order chi connectivity index (χ0) is 15.7. The summed E-state index contributed by atoms with van der Waals surface area (Å²) in [5.74, 6) is 0.208. The Kier molecular flexibility index (Phi) is 6.35. The number of rotatable bonds is 5. The first-order chi connectivity index (χ1) is 9.07. The summed E-state index contributed by atoms with van der Waals surface area (Å²) in [5.41, 5.74) is 0. The molecule has 1 aromatic carbocycles. The molecule has 0 aromatic heterocycles. The Labute approximate surface area is 139 Å². The third-order valence-electron chi connectivity index (χ3n) is 2.65. The second-order valence-corrected chi connectivity index (χ2v) is 8.82. The largest absolute Gasteiger partial charge is 0.246 e. The molecule has 0 aliphatic rings. The molecule has 0 radical (unpaired) electrons. The molecule has 0 atom stereocenters. The number of halogens is 3. The van der Waals surface area contributed by atoms with E-state index >= 15 is 0 Å². The van der Waals surface area contributed by atoms with Gasteiger partial charge in [0.1, 0.15) is 4.90 Å². The summed E-state index contributed by atoms with van der Waals surface area (Å²) in [6.45, 7) is 8.02. The van der Waals surface area contributed by atoms with E-state index in [4.69, 9.17) is 23.2 Å². The van der Waals surface area contributed by atoms with Gasteiger partial charge in [-0.1, -0.05) is 53.0 Å². The van der Waals surface area contributed by atoms with Gasteiger partial charge < -0.3 is 0 Å². The number of hydrogen-bond donors (Lipinski definition) is 0. The van der Waals surface area contributed by atoms with Crippen LogP contribution in [0.25, 0.3) is 0 Å². The zero-order valence-corrected chi connectivity index (χ0v) is 15.7. The van der Waals surface area contributed by atoms with Crippen LogP contribution < -0.4 is 0 Å². The van der Waals surface area contributed by atoms with Gasteiger partial charge in [-0.25, -0.2) is 8.42 Å². The van der Waals surface area contributed by atoms with E-state index in [-0.39, 0.29) is 26.9 Å². The third kappa shape index (κ3) is 4.10. The molecule has 0 fully saturated rings. The van der Waals surface area contributed by atoms with Crippen LogP contribution >= 0.6 is 39.1 Å². The normalized spacial score (nSPS) is 12.7. The second kappa shape index (κ2) is 6.97. The minimum absolute atomic E-state index is 0.0293. The van der Waals surface area contributed by atoms with Gasteiger partial charge in [-0.05, 0) is 31.9 Å². The summed E-state index contributed by atoms with van der Waals surface area (Å²) in [5, 5.41) is 0.248. The lowest BCUT2D eigenvalue weighted by Gasteiger charge is -2.28. The molecular formula is C13H18BrCl2NO2S. The Morgan fingerprint density at radius 3 is 1.95 bits per heavy atom. The van der Waals surface area contributed by atoms with Gasteiger partial charge >= 0.3 is 0 Å². The van der Waals surface area contributed by atoms with Gasteiger partial charge in [-0.2, -0.15) is 4.31 Å². The topological polar surface area (TPSA) is 37.4 Å². The van der Waals surface area contributed by atoms with E-state index in [1.807, 2.05) is 27.7 Å². The van der Waals surface area contributed by atoms with Gasteiger partial charge in [0.25, 0.3) is 0 Å². The van der Waals surface area contributed by atoms with Crippen LogP contribution in [0, 0.1) is 5.92 Å². The average molecular weight is 403 g/mol. The highest BCUT2D eigenvalue weighted by molar-refractivity contribution is 9.10. The lowest BCUT2D eigenvalue weighted by molar-refractivity contribution is 0.319. The maximum atomic E-state index is 12.8. The molecule has 0 saturated heterocycles. The van der Waals surface area contributed by atoms with Crippen LogP contribution in [0.1, 0.15) is 27.7 Å². The molecule has 0 saturated carbocycles. The first kappa shape index (κ1) is 18.2. The van der Waals surface area contributed by atoms with Crippen LogP contribution in [-0.2, 0) is 10.0 Å². The van der Waals surface area contributed by atoms with Gasteiger partial charge in [-0.15, -0.1) is 0 Å². The Balaban J connectivity index is 3.41. The summed E-state index contributed by atoms with van der Waals surface area (Å²) in [7, 11) is -3.72. The van der Waals surface area contributed by atoms with Gasteiger partial charge in [0.15, 0.2) is 0 Å². The van der Waals surface area contributed by atoms with Crippen LogP contribution in [-0.4, -0.2) is 25.3 Å². The van der Waals surface area contributed by atoms with E-state index in [1.54, 1.807) is 0 Å². The fraction of sp³-hybridized carbons (Fsp3) is 0.538. The highest BCUT2D eigenvalue weighted by Crippen LogP contribution is 2.35. The highest BCUT2D eigenvalue weighted by atomic mass is 79.9. The van der Waals surface area contributed by atoms with Crippen molar-refractivity contribution in [3.63, 3.8) is 0 Å². The summed E-state index contributed by atoms with van der Waals surface area (Å²) in [4.78, 5) is -0.0293. The molecule has 0 heterocycles. The molecule has 0 spiro atoms. The summed E-state index contributed by atoms with van der Waals surface area (Å²) >= 11 is 15.4. The van der Waals surface area contributed by atoms with Gasteiger partial charge in [0.05, 0.1) is 10.0 Å². The standard InChI is InChI=1S/C13H18BrCl2NO2S/c1-8(2)7-17(9(3)4)20(18,19)13-11(15)5-10(14)6-12(13)16/h5-6,8-9H,7H2,1-4H3. The van der Waals surface area contributed by atoms with Crippen molar-refractivity contribution in [3.05, 3.63) is 26.7 Å². The quantitative estimate of drug-likeness (QED) is 0.708. The molecule has 3 nitrogen and oxygen atoms in total. The van der Waals surface area contributed by atoms with E-state index in [0.717, 1.165) is 0 Å². The molecule has 20 heavy (non-hydrogen) atoms. The fourth-order valence-corrected chi connectivity index (χ4v) is 5.53. The molecule has 0 unspecified atom stereocenters. The number of hydrogen-bond acceptors (Lipinski definition) is 2. The summed E-state index contributed by atoms with van der Waals surface area (Å²) in [6, 6.07) is 2.90. The predicted molar refractivity (Wildman–Crippen MR) is 88.0 cm³/mol. The maximum absolute atomic E-state index is 12.8. The van der Waals surface area contributed by atoms with Crippen LogP contribution in [0.5, 0.6) is 0 Å². The van der Waals surface area contributed by atoms with Crippen molar-refractivity contribution >= 4 is 49.2 Å². The minimum atomic E-state index is -3.72. The molecule has 0 N–H and O–H groups in total. The predicted octanol–water partition coefficient (Wildman–Crippen LogP) is 4.81. The Hall–Kier alpha value is 0.190. The Morgan fingerprint density at radius 1 is 1.15 bits per heavy atom. The van der Waals surface area contributed by atoms with Gasteiger partial charge in [-0.3, -0.25) is 0 Å². The molecule has 0 aliphatic carbocycles. The number of sulfonamides is 1. The van der Waals surface area contributed by atoms with Gasteiger partial charge in [0.2, 0.25) is 10.0 Å². The molecular weight excluding hydrogens is 385 g/mol. The summed E-state index contributed by atoms with van der Waals surface area (Å²) in [6.07, 6.45) is 0. The molecule has 114 valence electrons. The van der Waals surface area contributed by atoms with Crippen molar-refractivity contribution in [2.24, 2.45) is 5.92 Å². The zero-order valence-electron chi connectivity index (χ0n) is 11.8. The first-order valence-electron chi connectivity index (χ1n) is 6.23. The highest BCUT2D eigenvalue weighted by Gasteiger charge is 2.31.